The third-order valence-electron chi connectivity index (χ3n) is 4.97. The van der Waals surface area contributed by atoms with E-state index in [1.807, 2.05) is 24.3 Å². The Hall–Kier alpha value is -3.33. The molecular weight excluding hydrogens is 424 g/mol. The third-order valence-corrected chi connectivity index (χ3v) is 5.28. The second-order valence-electron chi connectivity index (χ2n) is 7.03. The lowest BCUT2D eigenvalue weighted by atomic mass is 9.97. The number of amides is 1. The number of carbonyl (C=O) groups is 1. The van der Waals surface area contributed by atoms with E-state index in [1.54, 1.807) is 12.1 Å². The van der Waals surface area contributed by atoms with Crippen molar-refractivity contribution in [2.75, 3.05) is 19.0 Å². The van der Waals surface area contributed by atoms with Crippen molar-refractivity contribution in [3.63, 3.8) is 0 Å². The van der Waals surface area contributed by atoms with Crippen LogP contribution < -0.4 is 10.1 Å². The molecule has 1 aliphatic rings. The minimum absolute atomic E-state index is 0.00172. The molecule has 8 nitrogen and oxygen atoms in total. The average Bonchev–Trinajstić information content (AvgIpc) is 3.37. The molecule has 1 aliphatic heterocycles. The van der Waals surface area contributed by atoms with Gasteiger partial charge in [0.15, 0.2) is 5.76 Å². The first kappa shape index (κ1) is 20.9. The molecule has 0 saturated heterocycles. The molecule has 3 aromatic rings. The zero-order valence-electron chi connectivity index (χ0n) is 16.4. The summed E-state index contributed by atoms with van der Waals surface area (Å²) < 4.78 is 10.0. The van der Waals surface area contributed by atoms with Gasteiger partial charge in [0.25, 0.3) is 11.8 Å². The Labute approximate surface area is 182 Å². The van der Waals surface area contributed by atoms with Crippen LogP contribution in [0.2, 0.25) is 5.02 Å². The number of hydrogen-bond acceptors (Lipinski definition) is 7. The number of aliphatic hydroxyl groups is 3. The first-order valence-corrected chi connectivity index (χ1v) is 9.77. The maximum absolute atomic E-state index is 12.5. The number of aromatic nitrogens is 1. The highest BCUT2D eigenvalue weighted by Gasteiger charge is 2.31. The van der Waals surface area contributed by atoms with Crippen LogP contribution in [0.1, 0.15) is 16.9 Å². The topological polar surface area (TPSA) is 125 Å². The highest BCUT2D eigenvalue weighted by molar-refractivity contribution is 6.38. The number of aliphatic hydroxyl groups excluding tert-OH is 3. The van der Waals surface area contributed by atoms with Crippen molar-refractivity contribution in [1.82, 2.24) is 5.16 Å². The molecule has 1 atom stereocenters. The first-order valence-electron chi connectivity index (χ1n) is 9.39. The molecule has 4 rings (SSSR count). The molecular formula is C22H19ClN2O6. The maximum Gasteiger partial charge on any atom is 0.260 e. The van der Waals surface area contributed by atoms with Crippen LogP contribution in [-0.4, -0.2) is 46.2 Å². The summed E-state index contributed by atoms with van der Waals surface area (Å²) in [5.41, 5.74) is 3.28. The van der Waals surface area contributed by atoms with E-state index in [0.29, 0.717) is 28.3 Å². The molecule has 1 amide bonds. The number of halogens is 1. The van der Waals surface area contributed by atoms with E-state index in [2.05, 4.69) is 10.5 Å². The van der Waals surface area contributed by atoms with Gasteiger partial charge in [-0.2, -0.15) is 0 Å². The number of fused-ring (bicyclic) bond motifs is 1. The molecule has 2 heterocycles. The van der Waals surface area contributed by atoms with Gasteiger partial charge >= 0.3 is 0 Å². The van der Waals surface area contributed by atoms with Gasteiger partial charge in [-0.25, -0.2) is 0 Å². The van der Waals surface area contributed by atoms with Crippen LogP contribution >= 0.6 is 11.6 Å². The van der Waals surface area contributed by atoms with Crippen LogP contribution in [0.4, 0.5) is 5.69 Å². The first-order chi connectivity index (χ1) is 14.9. The number of nitrogens with zero attached hydrogens (tertiary/aromatic N) is 1. The molecule has 4 N–H and O–H groups in total. The number of rotatable bonds is 6. The average molecular weight is 443 g/mol. The SMILES string of the molecule is COc1cc(C(O)=C2C(=O)Nc3cc(Cl)c(-c4ccc(C[C@H](O)CO)cc4)cc32)on1. The summed E-state index contributed by atoms with van der Waals surface area (Å²) in [6.45, 7) is -0.310. The molecule has 0 saturated carbocycles. The van der Waals surface area contributed by atoms with Crippen LogP contribution in [0.25, 0.3) is 22.5 Å². The fourth-order valence-electron chi connectivity index (χ4n) is 3.39. The van der Waals surface area contributed by atoms with Crippen molar-refractivity contribution in [2.24, 2.45) is 0 Å². The van der Waals surface area contributed by atoms with Gasteiger partial charge in [-0.15, -0.1) is 0 Å². The highest BCUT2D eigenvalue weighted by Crippen LogP contribution is 2.42. The number of hydrogen-bond donors (Lipinski definition) is 4. The zero-order chi connectivity index (χ0) is 22.1. The van der Waals surface area contributed by atoms with Gasteiger partial charge in [0.2, 0.25) is 5.76 Å². The molecule has 0 unspecified atom stereocenters. The number of carbonyl (C=O) groups excluding carboxylic acids is 1. The third kappa shape index (κ3) is 4.00. The van der Waals surface area contributed by atoms with Gasteiger partial charge in [-0.3, -0.25) is 4.79 Å². The van der Waals surface area contributed by atoms with Crippen molar-refractivity contribution in [2.45, 2.75) is 12.5 Å². The molecule has 0 aliphatic carbocycles. The second kappa shape index (κ2) is 8.43. The molecule has 1 aromatic heterocycles. The summed E-state index contributed by atoms with van der Waals surface area (Å²) in [6.07, 6.45) is -0.494. The van der Waals surface area contributed by atoms with Gasteiger partial charge in [0.05, 0.1) is 42.2 Å². The smallest absolute Gasteiger partial charge is 0.260 e. The Morgan fingerprint density at radius 2 is 1.97 bits per heavy atom. The number of benzene rings is 2. The van der Waals surface area contributed by atoms with E-state index in [1.165, 1.54) is 13.2 Å². The lowest BCUT2D eigenvalue weighted by Crippen LogP contribution is -2.14. The fraction of sp³-hybridized carbons (Fsp3) is 0.182. The van der Waals surface area contributed by atoms with Gasteiger partial charge < -0.3 is 29.9 Å². The van der Waals surface area contributed by atoms with E-state index < -0.39 is 12.0 Å². The van der Waals surface area contributed by atoms with Crippen molar-refractivity contribution < 1.29 is 29.4 Å². The Kier molecular flexibility index (Phi) is 5.69. The summed E-state index contributed by atoms with van der Waals surface area (Å²) in [4.78, 5) is 12.5. The summed E-state index contributed by atoms with van der Waals surface area (Å²) in [5.74, 6) is -0.694. The molecule has 160 valence electrons. The minimum Gasteiger partial charge on any atom is -0.504 e. The molecule has 0 spiro atoms. The van der Waals surface area contributed by atoms with Crippen molar-refractivity contribution in [3.05, 3.63) is 64.4 Å². The number of ether oxygens (including phenoxy) is 1. The lowest BCUT2D eigenvalue weighted by Gasteiger charge is -2.11. The number of anilines is 1. The van der Waals surface area contributed by atoms with Crippen molar-refractivity contribution >= 4 is 34.5 Å². The van der Waals surface area contributed by atoms with E-state index in [-0.39, 0.29) is 29.6 Å². The van der Waals surface area contributed by atoms with Crippen LogP contribution in [0.15, 0.2) is 47.0 Å². The van der Waals surface area contributed by atoms with Crippen LogP contribution in [0.3, 0.4) is 0 Å². The van der Waals surface area contributed by atoms with Gasteiger partial charge in [0, 0.05) is 17.5 Å². The Morgan fingerprint density at radius 3 is 2.61 bits per heavy atom. The van der Waals surface area contributed by atoms with E-state index in [4.69, 9.17) is 26.0 Å². The second-order valence-corrected chi connectivity index (χ2v) is 7.43. The molecule has 9 heteroatoms. The quantitative estimate of drug-likeness (QED) is 0.341. The monoisotopic (exact) mass is 442 g/mol. The fourth-order valence-corrected chi connectivity index (χ4v) is 3.67. The number of nitrogens with one attached hydrogen (secondary N) is 1. The van der Waals surface area contributed by atoms with E-state index in [0.717, 1.165) is 11.1 Å². The zero-order valence-corrected chi connectivity index (χ0v) is 17.2. The minimum atomic E-state index is -0.822. The van der Waals surface area contributed by atoms with Crippen molar-refractivity contribution in [3.8, 4) is 17.0 Å². The maximum atomic E-state index is 12.5. The van der Waals surface area contributed by atoms with Crippen LogP contribution in [0.5, 0.6) is 5.88 Å². The summed E-state index contributed by atoms with van der Waals surface area (Å²) in [6, 6.07) is 12.0. The molecule has 0 radical (unpaired) electrons. The predicted molar refractivity (Wildman–Crippen MR) is 115 cm³/mol. The molecule has 0 fully saturated rings. The Morgan fingerprint density at radius 1 is 1.23 bits per heavy atom. The summed E-state index contributed by atoms with van der Waals surface area (Å²) >= 11 is 6.46. The summed E-state index contributed by atoms with van der Waals surface area (Å²) in [7, 11) is 1.41. The lowest BCUT2D eigenvalue weighted by molar-refractivity contribution is -0.110. The van der Waals surface area contributed by atoms with Crippen LogP contribution in [-0.2, 0) is 11.2 Å². The summed E-state index contributed by atoms with van der Waals surface area (Å²) in [5, 5.41) is 36.0. The molecule has 2 aromatic carbocycles. The standard InChI is InChI=1S/C22H19ClN2O6/c1-30-19-9-18(31-25-19)21(28)20-15-7-14(16(23)8-17(15)24-22(20)29)12-4-2-11(3-5-12)6-13(27)10-26/h2-5,7-9,13,26-28H,6,10H2,1H3,(H,24,29)/t13-/m0/s1. The number of methoxy groups -OCH3 is 1. The van der Waals surface area contributed by atoms with Crippen LogP contribution in [0, 0.1) is 0 Å². The molecule has 31 heavy (non-hydrogen) atoms. The predicted octanol–water partition coefficient (Wildman–Crippen LogP) is 3.28. The normalized spacial score (nSPS) is 15.4. The van der Waals surface area contributed by atoms with Gasteiger partial charge in [-0.1, -0.05) is 35.9 Å². The van der Waals surface area contributed by atoms with E-state index >= 15 is 0 Å². The van der Waals surface area contributed by atoms with Crippen molar-refractivity contribution in [1.29, 1.82) is 0 Å². The Balaban J connectivity index is 1.74. The molecule has 0 bridgehead atoms. The largest absolute Gasteiger partial charge is 0.504 e. The van der Waals surface area contributed by atoms with Gasteiger partial charge in [-0.05, 0) is 28.4 Å². The van der Waals surface area contributed by atoms with E-state index in [9.17, 15) is 15.0 Å². The Bertz CT molecular complexity index is 1170. The highest BCUT2D eigenvalue weighted by atomic mass is 35.5. The van der Waals surface area contributed by atoms with Gasteiger partial charge in [0.1, 0.15) is 0 Å².